The number of allylic oxidation sites excluding steroid dienone is 1. The topological polar surface area (TPSA) is 125 Å². The number of nitrogens with one attached hydrogen (secondary N) is 2. The highest BCUT2D eigenvalue weighted by Gasteiger charge is 2.50. The van der Waals surface area contributed by atoms with Gasteiger partial charge < -0.3 is 19.2 Å². The number of hydroxylamine groups is 1. The summed E-state index contributed by atoms with van der Waals surface area (Å²) < 4.78 is 43.1. The molecule has 2 aliphatic carbocycles. The third-order valence-corrected chi connectivity index (χ3v) is 15.6. The van der Waals surface area contributed by atoms with Crippen LogP contribution in [-0.4, -0.2) is 114 Å². The Labute approximate surface area is 330 Å². The molecule has 12 nitrogen and oxygen atoms in total. The quantitative estimate of drug-likeness (QED) is 0.409. The highest BCUT2D eigenvalue weighted by atomic mass is 35.5. The second-order valence-corrected chi connectivity index (χ2v) is 19.2. The zero-order chi connectivity index (χ0) is 38.4. The Balaban J connectivity index is 1.14. The van der Waals surface area contributed by atoms with E-state index in [-0.39, 0.29) is 23.4 Å². The third kappa shape index (κ3) is 7.77. The van der Waals surface area contributed by atoms with Gasteiger partial charge in [0.2, 0.25) is 10.0 Å². The van der Waals surface area contributed by atoms with E-state index in [4.69, 9.17) is 25.9 Å². The molecule has 2 aromatic carbocycles. The minimum atomic E-state index is -3.97. The van der Waals surface area contributed by atoms with Gasteiger partial charge in [0.1, 0.15) is 17.5 Å². The number of hydrogen-bond donors (Lipinski definition) is 2. The molecule has 1 saturated carbocycles. The Hall–Kier alpha value is -3.20. The van der Waals surface area contributed by atoms with Crippen LogP contribution in [0.15, 0.2) is 53.5 Å². The molecule has 1 unspecified atom stereocenters. The Morgan fingerprint density at radius 1 is 1.07 bits per heavy atom. The van der Waals surface area contributed by atoms with Crippen molar-refractivity contribution in [3.63, 3.8) is 0 Å². The highest BCUT2D eigenvalue weighted by molar-refractivity contribution is 7.90. The summed E-state index contributed by atoms with van der Waals surface area (Å²) in [5.41, 5.74) is 5.76. The van der Waals surface area contributed by atoms with Crippen LogP contribution < -0.4 is 19.8 Å². The summed E-state index contributed by atoms with van der Waals surface area (Å²) in [5.74, 6) is 0.396. The van der Waals surface area contributed by atoms with Crippen LogP contribution in [0.1, 0.15) is 67.4 Å². The molecular weight excluding hydrogens is 740 g/mol. The standard InChI is InChI=1S/C41H55ClN6O6S/c1-28-6-4-15-41(52-3,25-47-18-16-46(17-19-47)23-38-43-27-54-44-38)35-11-8-32(35)22-48-24-40(14-5-7-30-20-33(42)10-12-34(30)40)26-53-37-13-9-31(21-36(37)48)39(49)45-55(50,51)29(28)2/h4,9-10,12-13,15,20-21,27-29,32,35,38,44H,5-8,11,14,16-19,22-26H2,1-3H3,(H,45,49)/b15-4+/t28-,29+,32-,35+,38?,40-,41+/m0/s1. The number of anilines is 1. The molecule has 14 heteroatoms. The molecular formula is C41H55ClN6O6S. The number of piperazine rings is 1. The van der Waals surface area contributed by atoms with E-state index in [0.717, 1.165) is 88.6 Å². The molecule has 2 fully saturated rings. The van der Waals surface area contributed by atoms with E-state index in [1.807, 2.05) is 32.2 Å². The Morgan fingerprint density at radius 2 is 1.89 bits per heavy atom. The van der Waals surface area contributed by atoms with Crippen molar-refractivity contribution in [1.82, 2.24) is 20.0 Å². The number of carbonyl (C=O) groups is 1. The van der Waals surface area contributed by atoms with Gasteiger partial charge in [0.15, 0.2) is 6.40 Å². The molecule has 2 aromatic rings. The number of carbonyl (C=O) groups excluding carboxylic acids is 1. The summed E-state index contributed by atoms with van der Waals surface area (Å²) in [5, 5.41) is -0.0508. The van der Waals surface area contributed by atoms with Gasteiger partial charge in [0.05, 0.1) is 17.5 Å². The number of benzene rings is 2. The van der Waals surface area contributed by atoms with Crippen LogP contribution in [0.3, 0.4) is 0 Å². The second kappa shape index (κ2) is 15.6. The maximum Gasteiger partial charge on any atom is 0.264 e. The van der Waals surface area contributed by atoms with Crippen LogP contribution in [0.4, 0.5) is 5.69 Å². The third-order valence-electron chi connectivity index (χ3n) is 13.5. The predicted octanol–water partition coefficient (Wildman–Crippen LogP) is 4.78. The van der Waals surface area contributed by atoms with Crippen molar-refractivity contribution in [3.8, 4) is 5.75 Å². The van der Waals surface area contributed by atoms with Crippen molar-refractivity contribution >= 4 is 39.6 Å². The highest BCUT2D eigenvalue weighted by Crippen LogP contribution is 2.49. The van der Waals surface area contributed by atoms with E-state index in [1.54, 1.807) is 13.0 Å². The van der Waals surface area contributed by atoms with Crippen LogP contribution in [0, 0.1) is 17.8 Å². The number of nitrogens with zero attached hydrogens (tertiary/aromatic N) is 4. The molecule has 0 radical (unpaired) electrons. The molecule has 1 amide bonds. The minimum absolute atomic E-state index is 0.0465. The molecule has 298 valence electrons. The fourth-order valence-corrected chi connectivity index (χ4v) is 11.3. The van der Waals surface area contributed by atoms with E-state index in [2.05, 4.69) is 54.2 Å². The smallest absolute Gasteiger partial charge is 0.264 e. The van der Waals surface area contributed by atoms with Gasteiger partial charge in [0.25, 0.3) is 5.91 Å². The predicted molar refractivity (Wildman–Crippen MR) is 214 cm³/mol. The maximum absolute atomic E-state index is 13.7. The van der Waals surface area contributed by atoms with Crippen LogP contribution in [0.2, 0.25) is 5.02 Å². The fraction of sp³-hybridized carbons (Fsp3) is 0.610. The lowest BCUT2D eigenvalue weighted by Crippen LogP contribution is -2.59. The molecule has 1 saturated heterocycles. The lowest BCUT2D eigenvalue weighted by molar-refractivity contribution is -0.0956. The number of sulfonamides is 1. The van der Waals surface area contributed by atoms with Crippen molar-refractivity contribution in [2.24, 2.45) is 22.7 Å². The molecule has 6 aliphatic rings. The van der Waals surface area contributed by atoms with E-state index in [9.17, 15) is 13.2 Å². The SMILES string of the molecule is CO[C@@]1(CN2CCN(CC3N=CON3)CC2)/C=C/C[C@H](C)[C@@H](C)S(=O)(=O)NC(=O)c2ccc3c(c2)N(C[C@@H]2CC[C@H]21)C[C@@]1(CCCc2cc(Cl)ccc21)CO3. The molecule has 2 bridgehead atoms. The lowest BCUT2D eigenvalue weighted by atomic mass is 9.63. The van der Waals surface area contributed by atoms with Gasteiger partial charge in [-0.1, -0.05) is 36.7 Å². The number of halogens is 1. The molecule has 4 heterocycles. The summed E-state index contributed by atoms with van der Waals surface area (Å²) in [7, 11) is -2.13. The average molecular weight is 795 g/mol. The maximum atomic E-state index is 13.7. The van der Waals surface area contributed by atoms with Crippen LogP contribution in [0.5, 0.6) is 5.75 Å². The molecule has 2 N–H and O–H groups in total. The molecule has 7 atom stereocenters. The first-order valence-electron chi connectivity index (χ1n) is 19.9. The largest absolute Gasteiger partial charge is 0.490 e. The monoisotopic (exact) mass is 794 g/mol. The van der Waals surface area contributed by atoms with Gasteiger partial charge in [0, 0.05) is 75.5 Å². The number of aryl methyl sites for hydroxylation is 1. The number of methoxy groups -OCH3 is 1. The van der Waals surface area contributed by atoms with Gasteiger partial charge in [-0.05, 0) is 105 Å². The number of hydrogen-bond acceptors (Lipinski definition) is 11. The first kappa shape index (κ1) is 38.7. The van der Waals surface area contributed by atoms with Crippen molar-refractivity contribution < 1.29 is 27.5 Å². The normalized spacial score (nSPS) is 34.4. The summed E-state index contributed by atoms with van der Waals surface area (Å²) in [6.07, 6.45) is 11.4. The van der Waals surface area contributed by atoms with E-state index in [1.165, 1.54) is 17.5 Å². The van der Waals surface area contributed by atoms with E-state index < -0.39 is 26.8 Å². The Morgan fingerprint density at radius 3 is 2.64 bits per heavy atom. The lowest BCUT2D eigenvalue weighted by Gasteiger charge is -2.52. The first-order chi connectivity index (χ1) is 26.5. The Bertz CT molecular complexity index is 1920. The zero-order valence-corrected chi connectivity index (χ0v) is 33.8. The Kier molecular flexibility index (Phi) is 11.0. The van der Waals surface area contributed by atoms with Crippen molar-refractivity contribution in [2.75, 3.05) is 71.0 Å². The summed E-state index contributed by atoms with van der Waals surface area (Å²) in [4.78, 5) is 30.5. The van der Waals surface area contributed by atoms with Crippen molar-refractivity contribution in [3.05, 3.63) is 70.3 Å². The van der Waals surface area contributed by atoms with Gasteiger partial charge in [-0.25, -0.2) is 18.1 Å². The molecule has 1 spiro atoms. The molecule has 55 heavy (non-hydrogen) atoms. The number of aliphatic imine (C=N–C) groups is 1. The molecule has 4 aliphatic heterocycles. The van der Waals surface area contributed by atoms with Crippen LogP contribution in [-0.2, 0) is 31.4 Å². The molecule has 8 rings (SSSR count). The number of fused-ring (bicyclic) bond motifs is 4. The van der Waals surface area contributed by atoms with Crippen molar-refractivity contribution in [1.29, 1.82) is 0 Å². The van der Waals surface area contributed by atoms with Crippen LogP contribution >= 0.6 is 11.6 Å². The minimum Gasteiger partial charge on any atom is -0.490 e. The average Bonchev–Trinajstić information content (AvgIpc) is 3.62. The molecule has 0 aromatic heterocycles. The second-order valence-electron chi connectivity index (χ2n) is 16.8. The number of amides is 1. The van der Waals surface area contributed by atoms with Crippen LogP contribution in [0.25, 0.3) is 0 Å². The van der Waals surface area contributed by atoms with Gasteiger partial charge >= 0.3 is 0 Å². The van der Waals surface area contributed by atoms with E-state index >= 15 is 0 Å². The van der Waals surface area contributed by atoms with Crippen molar-refractivity contribution in [2.45, 2.75) is 74.8 Å². The van der Waals surface area contributed by atoms with Gasteiger partial charge in [-0.15, -0.1) is 5.48 Å². The number of rotatable bonds is 5. The van der Waals surface area contributed by atoms with Gasteiger partial charge in [-0.2, -0.15) is 0 Å². The number of ether oxygens (including phenoxy) is 2. The fourth-order valence-electron chi connectivity index (χ4n) is 9.86. The first-order valence-corrected chi connectivity index (χ1v) is 21.9. The summed E-state index contributed by atoms with van der Waals surface area (Å²) >= 11 is 6.51. The summed E-state index contributed by atoms with van der Waals surface area (Å²) in [6.45, 7) is 10.8. The summed E-state index contributed by atoms with van der Waals surface area (Å²) in [6, 6.07) is 11.6. The van der Waals surface area contributed by atoms with Gasteiger partial charge in [-0.3, -0.25) is 14.6 Å². The van der Waals surface area contributed by atoms with E-state index in [0.29, 0.717) is 36.8 Å². The zero-order valence-electron chi connectivity index (χ0n) is 32.2.